The molecule has 2 unspecified atom stereocenters. The number of unbranched alkanes of at least 4 members (excludes halogenated alkanes) is 4. The van der Waals surface area contributed by atoms with Crippen LogP contribution in [0.5, 0.6) is 0 Å². The molecule has 1 heterocycles. The number of hydroxylamine groups is 2. The van der Waals surface area contributed by atoms with E-state index in [1.807, 2.05) is 13.8 Å². The third-order valence-electron chi connectivity index (χ3n) is 6.06. The van der Waals surface area contributed by atoms with Crippen molar-refractivity contribution >= 4 is 5.97 Å². The minimum absolute atomic E-state index is 0.405. The molecule has 2 rings (SSSR count). The van der Waals surface area contributed by atoms with Crippen LogP contribution in [-0.2, 0) is 10.0 Å². The molecule has 0 spiro atoms. The van der Waals surface area contributed by atoms with Gasteiger partial charge >= 0.3 is 5.97 Å². The lowest BCUT2D eigenvalue weighted by Gasteiger charge is -2.32. The van der Waals surface area contributed by atoms with Gasteiger partial charge < -0.3 is 5.11 Å². The first kappa shape index (κ1) is 19.5. The summed E-state index contributed by atoms with van der Waals surface area (Å²) in [5.41, 5.74) is 0.774. The first-order chi connectivity index (χ1) is 11.3. The second kappa shape index (κ2) is 7.57. The molecule has 2 aliphatic rings. The van der Waals surface area contributed by atoms with Gasteiger partial charge in [-0.1, -0.05) is 39.5 Å². The fourth-order valence-electron chi connectivity index (χ4n) is 4.52. The molecule has 1 radical (unpaired) electrons. The summed E-state index contributed by atoms with van der Waals surface area (Å²) in [7, 11) is 0. The van der Waals surface area contributed by atoms with Crippen LogP contribution in [0.2, 0.25) is 0 Å². The molecule has 0 saturated carbocycles. The molecule has 1 aliphatic carbocycles. The number of hydrogen-bond acceptors (Lipinski definition) is 2. The Balaban J connectivity index is 2.19. The number of carboxylic acid groups (broad SMARTS) is 1. The van der Waals surface area contributed by atoms with Crippen molar-refractivity contribution in [2.45, 2.75) is 103 Å². The molecule has 1 aliphatic heterocycles. The van der Waals surface area contributed by atoms with Gasteiger partial charge in [0.1, 0.15) is 5.41 Å². The Morgan fingerprint density at radius 1 is 1.08 bits per heavy atom. The molecule has 1 saturated heterocycles. The van der Waals surface area contributed by atoms with Crippen LogP contribution in [0.1, 0.15) is 91.9 Å². The van der Waals surface area contributed by atoms with Gasteiger partial charge in [-0.15, -0.1) is 10.3 Å². The number of hydrogen-bond donors (Lipinski definition) is 1. The molecule has 2 atom stereocenters. The van der Waals surface area contributed by atoms with Crippen LogP contribution >= 0.6 is 0 Å². The van der Waals surface area contributed by atoms with Crippen LogP contribution in [0, 0.1) is 5.41 Å². The zero-order valence-corrected chi connectivity index (χ0v) is 15.9. The normalized spacial score (nSPS) is 29.3. The number of carboxylic acids is 1. The Morgan fingerprint density at radius 3 is 2.12 bits per heavy atom. The van der Waals surface area contributed by atoms with E-state index in [-0.39, 0.29) is 0 Å². The van der Waals surface area contributed by atoms with Crippen LogP contribution in [0.3, 0.4) is 0 Å². The van der Waals surface area contributed by atoms with Gasteiger partial charge in [-0.05, 0) is 63.5 Å². The minimum atomic E-state index is -0.948. The van der Waals surface area contributed by atoms with Crippen molar-refractivity contribution in [3.8, 4) is 0 Å². The molecule has 137 valence electrons. The molecule has 4 heteroatoms. The summed E-state index contributed by atoms with van der Waals surface area (Å²) in [6.07, 6.45) is 9.80. The lowest BCUT2D eigenvalue weighted by atomic mass is 9.84. The lowest BCUT2D eigenvalue weighted by Crippen LogP contribution is -2.47. The van der Waals surface area contributed by atoms with Crippen molar-refractivity contribution in [2.75, 3.05) is 0 Å². The summed E-state index contributed by atoms with van der Waals surface area (Å²) in [5.74, 6) is -0.789. The van der Waals surface area contributed by atoms with E-state index in [1.165, 1.54) is 12.8 Å². The van der Waals surface area contributed by atoms with E-state index in [0.717, 1.165) is 61.2 Å². The summed E-state index contributed by atoms with van der Waals surface area (Å²) >= 11 is 0. The Labute approximate surface area is 146 Å². The topological polar surface area (TPSA) is 60.4 Å². The molecular formula is C20H34NO3. The smallest absolute Gasteiger partial charge is 0.319 e. The van der Waals surface area contributed by atoms with Crippen LogP contribution in [0.4, 0.5) is 0 Å². The second-order valence-electron chi connectivity index (χ2n) is 8.18. The highest BCUT2D eigenvalue weighted by Gasteiger charge is 2.67. The third kappa shape index (κ3) is 3.28. The van der Waals surface area contributed by atoms with Gasteiger partial charge in [0.15, 0.2) is 0 Å². The van der Waals surface area contributed by atoms with Crippen molar-refractivity contribution < 1.29 is 15.1 Å². The quantitative estimate of drug-likeness (QED) is 0.445. The van der Waals surface area contributed by atoms with Gasteiger partial charge in [-0.25, -0.2) is 0 Å². The van der Waals surface area contributed by atoms with E-state index in [4.69, 9.17) is 0 Å². The van der Waals surface area contributed by atoms with Gasteiger partial charge in [0.2, 0.25) is 0 Å². The fraction of sp³-hybridized carbons (Fsp3) is 0.850. The van der Waals surface area contributed by atoms with Crippen molar-refractivity contribution in [1.82, 2.24) is 5.06 Å². The summed E-state index contributed by atoms with van der Waals surface area (Å²) in [4.78, 5) is 12.3. The molecule has 4 nitrogen and oxygen atoms in total. The summed E-state index contributed by atoms with van der Waals surface area (Å²) < 4.78 is 0. The van der Waals surface area contributed by atoms with Gasteiger partial charge in [0.05, 0.1) is 6.04 Å². The van der Waals surface area contributed by atoms with E-state index in [1.54, 1.807) is 0 Å². The number of carbonyl (C=O) groups is 1. The maximum absolute atomic E-state index is 12.8. The predicted molar refractivity (Wildman–Crippen MR) is 95.0 cm³/mol. The van der Waals surface area contributed by atoms with Crippen LogP contribution < -0.4 is 0 Å². The molecule has 0 aromatic rings. The van der Waals surface area contributed by atoms with Gasteiger partial charge in [0.25, 0.3) is 0 Å². The number of rotatable bonds is 10. The minimum Gasteiger partial charge on any atom is -0.480 e. The maximum Gasteiger partial charge on any atom is 0.319 e. The zero-order valence-electron chi connectivity index (χ0n) is 15.9. The number of nitrogens with zero attached hydrogens (tertiary/aromatic N) is 1. The van der Waals surface area contributed by atoms with E-state index >= 15 is 0 Å². The van der Waals surface area contributed by atoms with Crippen LogP contribution in [0.15, 0.2) is 11.1 Å². The van der Waals surface area contributed by atoms with Gasteiger partial charge in [-0.3, -0.25) is 4.79 Å². The molecule has 1 N–H and O–H groups in total. The highest BCUT2D eigenvalue weighted by molar-refractivity contribution is 5.91. The van der Waals surface area contributed by atoms with E-state index < -0.39 is 23.0 Å². The highest BCUT2D eigenvalue weighted by Crippen LogP contribution is 2.63. The number of aliphatic carboxylic acids is 1. The first-order valence-corrected chi connectivity index (χ1v) is 9.76. The molecule has 0 bridgehead atoms. The van der Waals surface area contributed by atoms with Crippen molar-refractivity contribution in [3.63, 3.8) is 0 Å². The Hall–Kier alpha value is -0.870. The average Bonchev–Trinajstić information content (AvgIpc) is 3.08. The van der Waals surface area contributed by atoms with Crippen LogP contribution in [-0.4, -0.2) is 27.7 Å². The Morgan fingerprint density at radius 2 is 1.67 bits per heavy atom. The molecular weight excluding hydrogens is 302 g/mol. The highest BCUT2D eigenvalue weighted by atomic mass is 16.5. The summed E-state index contributed by atoms with van der Waals surface area (Å²) in [5, 5.41) is 24.0. The largest absolute Gasteiger partial charge is 0.480 e. The molecule has 24 heavy (non-hydrogen) atoms. The van der Waals surface area contributed by atoms with Gasteiger partial charge in [0, 0.05) is 5.54 Å². The zero-order chi connectivity index (χ0) is 18.0. The first-order valence-electron chi connectivity index (χ1n) is 9.76. The van der Waals surface area contributed by atoms with Crippen molar-refractivity contribution in [3.05, 3.63) is 11.1 Å². The van der Waals surface area contributed by atoms with Gasteiger partial charge in [-0.2, -0.15) is 0 Å². The molecule has 1 fully saturated rings. The van der Waals surface area contributed by atoms with Crippen molar-refractivity contribution in [1.29, 1.82) is 0 Å². The summed E-state index contributed by atoms with van der Waals surface area (Å²) in [6, 6.07) is -0.405. The molecule has 0 aromatic carbocycles. The molecule has 0 amide bonds. The van der Waals surface area contributed by atoms with Crippen LogP contribution in [0.25, 0.3) is 0 Å². The lowest BCUT2D eigenvalue weighted by molar-refractivity contribution is -0.232. The Bertz CT molecular complexity index is 497. The monoisotopic (exact) mass is 336 g/mol. The maximum atomic E-state index is 12.8. The SMILES string of the molecule is CCCCCCC1=C(CCCC)C1(C(=O)O)C1CCC(C)(C)N1[O]. The Kier molecular flexibility index (Phi) is 6.14. The van der Waals surface area contributed by atoms with Crippen molar-refractivity contribution in [2.24, 2.45) is 5.41 Å². The third-order valence-corrected chi connectivity index (χ3v) is 6.06. The molecule has 0 aromatic heterocycles. The second-order valence-corrected chi connectivity index (χ2v) is 8.18. The fourth-order valence-corrected chi connectivity index (χ4v) is 4.52. The van der Waals surface area contributed by atoms with E-state index in [2.05, 4.69) is 13.8 Å². The standard InChI is InChI=1S/C20H34NO3/c1-5-7-9-10-12-16-15(11-8-6-2)20(16,18(22)23)17-13-14-19(3,4)21(17)24/h17H,5-14H2,1-4H3,(H,22,23). The van der Waals surface area contributed by atoms with E-state index in [0.29, 0.717) is 6.42 Å². The summed E-state index contributed by atoms with van der Waals surface area (Å²) in [6.45, 7) is 8.18. The average molecular weight is 336 g/mol. The predicted octanol–water partition coefficient (Wildman–Crippen LogP) is 5.12. The van der Waals surface area contributed by atoms with E-state index in [9.17, 15) is 15.1 Å².